The molecule has 0 bridgehead atoms. The van der Waals surface area contributed by atoms with Crippen LogP contribution < -0.4 is 5.32 Å². The first-order chi connectivity index (χ1) is 8.74. The van der Waals surface area contributed by atoms with Gasteiger partial charge in [0.15, 0.2) is 0 Å². The smallest absolute Gasteiger partial charge is 0.138 e. The molecule has 5 heteroatoms. The number of fused-ring (bicyclic) bond motifs is 1. The number of thiophene rings is 1. The number of methoxy groups -OCH3 is 1. The van der Waals surface area contributed by atoms with Crippen LogP contribution in [-0.2, 0) is 4.74 Å². The monoisotopic (exact) mass is 265 g/mol. The molecule has 2 aromatic heterocycles. The summed E-state index contributed by atoms with van der Waals surface area (Å²) in [6.45, 7) is 6.00. The number of nitrogens with zero attached hydrogens (tertiary/aromatic N) is 2. The van der Waals surface area contributed by atoms with E-state index in [0.29, 0.717) is 0 Å². The lowest BCUT2D eigenvalue weighted by molar-refractivity contribution is 0.194. The van der Waals surface area contributed by atoms with Crippen molar-refractivity contribution in [1.82, 2.24) is 9.97 Å². The number of unbranched alkanes of at least 4 members (excludes halogenated alkanes) is 1. The van der Waals surface area contributed by atoms with Crippen molar-refractivity contribution >= 4 is 27.4 Å². The van der Waals surface area contributed by atoms with Gasteiger partial charge in [0.05, 0.1) is 5.39 Å². The minimum Gasteiger partial charge on any atom is -0.385 e. The minimum absolute atomic E-state index is 0.817. The van der Waals surface area contributed by atoms with Crippen LogP contribution in [0.25, 0.3) is 10.2 Å². The zero-order valence-electron chi connectivity index (χ0n) is 11.1. The van der Waals surface area contributed by atoms with Gasteiger partial charge in [-0.05, 0) is 32.3 Å². The number of anilines is 1. The van der Waals surface area contributed by atoms with Crippen molar-refractivity contribution in [2.24, 2.45) is 0 Å². The first-order valence-electron chi connectivity index (χ1n) is 6.17. The Balaban J connectivity index is 2.08. The molecule has 0 fully saturated rings. The lowest BCUT2D eigenvalue weighted by atomic mass is 10.2. The van der Waals surface area contributed by atoms with E-state index >= 15 is 0 Å². The Hall–Kier alpha value is -1.20. The molecule has 0 saturated heterocycles. The molecule has 0 atom stereocenters. The second-order valence-electron chi connectivity index (χ2n) is 4.31. The number of ether oxygens (including phenoxy) is 1. The Labute approximate surface area is 111 Å². The van der Waals surface area contributed by atoms with Crippen molar-refractivity contribution in [1.29, 1.82) is 0 Å². The van der Waals surface area contributed by atoms with Crippen LogP contribution in [0.15, 0.2) is 6.33 Å². The van der Waals surface area contributed by atoms with Crippen LogP contribution in [0.3, 0.4) is 0 Å². The summed E-state index contributed by atoms with van der Waals surface area (Å²) in [5.74, 6) is 0.958. The van der Waals surface area contributed by atoms with Gasteiger partial charge in [-0.3, -0.25) is 0 Å². The van der Waals surface area contributed by atoms with Crippen LogP contribution in [0.2, 0.25) is 0 Å². The maximum atomic E-state index is 5.04. The van der Waals surface area contributed by atoms with Crippen molar-refractivity contribution in [2.75, 3.05) is 25.6 Å². The molecular formula is C13H19N3OS. The number of nitrogens with one attached hydrogen (secondary N) is 1. The number of rotatable bonds is 6. The molecule has 0 aliphatic heterocycles. The molecule has 0 aliphatic carbocycles. The highest BCUT2D eigenvalue weighted by Crippen LogP contribution is 2.32. The topological polar surface area (TPSA) is 47.0 Å². The predicted molar refractivity (Wildman–Crippen MR) is 76.5 cm³/mol. The van der Waals surface area contributed by atoms with E-state index in [0.717, 1.165) is 36.6 Å². The Bertz CT molecular complexity index is 524. The van der Waals surface area contributed by atoms with Crippen LogP contribution >= 0.6 is 11.3 Å². The SMILES string of the molecule is COCCCCNc1ncnc2sc(C)c(C)c12. The average molecular weight is 265 g/mol. The molecule has 0 spiro atoms. The van der Waals surface area contributed by atoms with Crippen LogP contribution in [0, 0.1) is 13.8 Å². The van der Waals surface area contributed by atoms with Crippen LogP contribution in [-0.4, -0.2) is 30.2 Å². The van der Waals surface area contributed by atoms with Gasteiger partial charge in [0.2, 0.25) is 0 Å². The molecule has 0 aromatic carbocycles. The molecule has 2 aromatic rings. The molecule has 2 heterocycles. The largest absolute Gasteiger partial charge is 0.385 e. The highest BCUT2D eigenvalue weighted by atomic mass is 32.1. The summed E-state index contributed by atoms with van der Waals surface area (Å²) in [4.78, 5) is 11.1. The van der Waals surface area contributed by atoms with Crippen LogP contribution in [0.5, 0.6) is 0 Å². The van der Waals surface area contributed by atoms with Crippen molar-refractivity contribution in [3.8, 4) is 0 Å². The highest BCUT2D eigenvalue weighted by molar-refractivity contribution is 7.18. The molecular weight excluding hydrogens is 246 g/mol. The summed E-state index contributed by atoms with van der Waals surface area (Å²) in [7, 11) is 1.74. The summed E-state index contributed by atoms with van der Waals surface area (Å²) in [5.41, 5.74) is 1.29. The van der Waals surface area contributed by atoms with E-state index in [4.69, 9.17) is 4.74 Å². The van der Waals surface area contributed by atoms with Gasteiger partial charge < -0.3 is 10.1 Å². The van der Waals surface area contributed by atoms with Gasteiger partial charge in [-0.2, -0.15) is 0 Å². The van der Waals surface area contributed by atoms with Gasteiger partial charge in [0.1, 0.15) is 17.0 Å². The molecule has 1 N–H and O–H groups in total. The van der Waals surface area contributed by atoms with Crippen molar-refractivity contribution < 1.29 is 4.74 Å². The van der Waals surface area contributed by atoms with E-state index in [1.165, 1.54) is 15.8 Å². The zero-order chi connectivity index (χ0) is 13.0. The summed E-state index contributed by atoms with van der Waals surface area (Å²) in [6.07, 6.45) is 3.79. The van der Waals surface area contributed by atoms with Gasteiger partial charge in [0.25, 0.3) is 0 Å². The summed E-state index contributed by atoms with van der Waals surface area (Å²) in [5, 5.41) is 4.57. The van der Waals surface area contributed by atoms with Crippen molar-refractivity contribution in [2.45, 2.75) is 26.7 Å². The zero-order valence-corrected chi connectivity index (χ0v) is 11.9. The first kappa shape index (κ1) is 13.2. The summed E-state index contributed by atoms with van der Waals surface area (Å²) >= 11 is 1.73. The number of hydrogen-bond donors (Lipinski definition) is 1. The van der Waals surface area contributed by atoms with Gasteiger partial charge in [0, 0.05) is 25.1 Å². The number of aromatic nitrogens is 2. The lowest BCUT2D eigenvalue weighted by Gasteiger charge is -2.06. The van der Waals surface area contributed by atoms with Crippen molar-refractivity contribution in [3.05, 3.63) is 16.8 Å². The molecule has 18 heavy (non-hydrogen) atoms. The van der Waals surface area contributed by atoms with Gasteiger partial charge >= 0.3 is 0 Å². The fourth-order valence-electron chi connectivity index (χ4n) is 1.89. The summed E-state index contributed by atoms with van der Waals surface area (Å²) in [6, 6.07) is 0. The Morgan fingerprint density at radius 2 is 2.11 bits per heavy atom. The van der Waals surface area contributed by atoms with Crippen molar-refractivity contribution in [3.63, 3.8) is 0 Å². The van der Waals surface area contributed by atoms with E-state index in [-0.39, 0.29) is 0 Å². The number of aryl methyl sites for hydroxylation is 2. The Morgan fingerprint density at radius 1 is 1.28 bits per heavy atom. The second-order valence-corrected chi connectivity index (χ2v) is 5.52. The van der Waals surface area contributed by atoms with E-state index in [9.17, 15) is 0 Å². The van der Waals surface area contributed by atoms with Crippen LogP contribution in [0.4, 0.5) is 5.82 Å². The average Bonchev–Trinajstić information content (AvgIpc) is 2.66. The summed E-state index contributed by atoms with van der Waals surface area (Å²) < 4.78 is 5.04. The molecule has 0 radical (unpaired) electrons. The van der Waals surface area contributed by atoms with E-state index in [1.54, 1.807) is 24.8 Å². The molecule has 2 rings (SSSR count). The number of hydrogen-bond acceptors (Lipinski definition) is 5. The quantitative estimate of drug-likeness (QED) is 0.815. The molecule has 0 amide bonds. The Morgan fingerprint density at radius 3 is 2.89 bits per heavy atom. The maximum Gasteiger partial charge on any atom is 0.138 e. The fraction of sp³-hybridized carbons (Fsp3) is 0.538. The van der Waals surface area contributed by atoms with Gasteiger partial charge in [-0.1, -0.05) is 0 Å². The van der Waals surface area contributed by atoms with E-state index < -0.39 is 0 Å². The molecule has 98 valence electrons. The fourth-order valence-corrected chi connectivity index (χ4v) is 2.89. The first-order valence-corrected chi connectivity index (χ1v) is 6.99. The standard InChI is InChI=1S/C13H19N3OS/c1-9-10(2)18-13-11(9)12(15-8-16-13)14-6-4-5-7-17-3/h8H,4-7H2,1-3H3,(H,14,15,16). The van der Waals surface area contributed by atoms with E-state index in [2.05, 4.69) is 29.1 Å². The lowest BCUT2D eigenvalue weighted by Crippen LogP contribution is -2.05. The second kappa shape index (κ2) is 6.11. The normalized spacial score (nSPS) is 11.1. The van der Waals surface area contributed by atoms with E-state index in [1.807, 2.05) is 0 Å². The predicted octanol–water partition coefficient (Wildman–Crippen LogP) is 3.15. The third-order valence-corrected chi connectivity index (χ3v) is 4.15. The van der Waals surface area contributed by atoms with Gasteiger partial charge in [-0.25, -0.2) is 9.97 Å². The molecule has 0 aliphatic rings. The minimum atomic E-state index is 0.817. The van der Waals surface area contributed by atoms with Crippen LogP contribution in [0.1, 0.15) is 23.3 Å². The Kier molecular flexibility index (Phi) is 4.49. The van der Waals surface area contributed by atoms with Gasteiger partial charge in [-0.15, -0.1) is 11.3 Å². The molecule has 4 nitrogen and oxygen atoms in total. The third-order valence-electron chi connectivity index (χ3n) is 3.03. The highest BCUT2D eigenvalue weighted by Gasteiger charge is 2.11. The molecule has 0 unspecified atom stereocenters. The molecule has 0 saturated carbocycles. The third kappa shape index (κ3) is 2.79. The maximum absolute atomic E-state index is 5.04.